The Kier molecular flexibility index (Phi) is 4370. The van der Waals surface area contributed by atoms with Gasteiger partial charge in [0.15, 0.2) is 0 Å². The summed E-state index contributed by atoms with van der Waals surface area (Å²) in [6, 6.07) is 0. The zero-order valence-electron chi connectivity index (χ0n) is 1.70. The van der Waals surface area contributed by atoms with E-state index in [2.05, 4.69) is 0 Å². The molecule has 0 aromatic rings. The minimum atomic E-state index is 0. The predicted octanol–water partition coefficient (Wildman–Crippen LogP) is -0.533. The summed E-state index contributed by atoms with van der Waals surface area (Å²) in [6.07, 6.45) is 0. The van der Waals surface area contributed by atoms with Crippen molar-refractivity contribution in [2.45, 2.75) is 0 Å². The fourth-order valence-corrected chi connectivity index (χ4v) is 0. The van der Waals surface area contributed by atoms with E-state index >= 15 is 0 Å². The quantitative estimate of drug-likeness (QED) is 0.570. The third-order valence-electron chi connectivity index (χ3n) is 0. The second-order valence-corrected chi connectivity index (χ2v) is 0. The summed E-state index contributed by atoms with van der Waals surface area (Å²) >= 11 is 0. The van der Waals surface area contributed by atoms with Crippen LogP contribution in [0.5, 0.6) is 0 Å². The SMILES string of the molecule is [OH-].[OH-].[OH-].[Os]. The normalized spacial score (nSPS) is 0. The van der Waals surface area contributed by atoms with Gasteiger partial charge in [0, 0.05) is 19.8 Å². The van der Waals surface area contributed by atoms with Gasteiger partial charge in [0.2, 0.25) is 0 Å². The van der Waals surface area contributed by atoms with Gasteiger partial charge >= 0.3 is 0 Å². The van der Waals surface area contributed by atoms with Gasteiger partial charge in [0.25, 0.3) is 0 Å². The molecule has 0 aromatic carbocycles. The Bertz CT molecular complexity index is 3.25. The van der Waals surface area contributed by atoms with Crippen LogP contribution < -0.4 is 0 Å². The molecular weight excluding hydrogens is 238 g/mol. The topological polar surface area (TPSA) is 90.0 Å². The third-order valence-corrected chi connectivity index (χ3v) is 0. The molecule has 0 bridgehead atoms. The molecule has 4 heavy (non-hydrogen) atoms. The van der Waals surface area contributed by atoms with Gasteiger partial charge in [0.1, 0.15) is 0 Å². The van der Waals surface area contributed by atoms with E-state index in [9.17, 15) is 0 Å². The van der Waals surface area contributed by atoms with Crippen molar-refractivity contribution >= 4 is 0 Å². The number of hydrogen-bond acceptors (Lipinski definition) is 3. The minimum Gasteiger partial charge on any atom is -0.870 e. The fraction of sp³-hybridized carbons (Fsp3) is 0. The van der Waals surface area contributed by atoms with Gasteiger partial charge in [-0.2, -0.15) is 0 Å². The molecular formula is H3O3Os-3. The van der Waals surface area contributed by atoms with Crippen LogP contribution in [-0.4, -0.2) is 16.4 Å². The monoisotopic (exact) mass is 243 g/mol. The molecule has 0 radical (unpaired) electrons. The van der Waals surface area contributed by atoms with Crippen LogP contribution in [-0.2, 0) is 19.8 Å². The van der Waals surface area contributed by atoms with Crippen LogP contribution in [0, 0.1) is 0 Å². The van der Waals surface area contributed by atoms with E-state index < -0.39 is 0 Å². The van der Waals surface area contributed by atoms with E-state index in [1.807, 2.05) is 0 Å². The van der Waals surface area contributed by atoms with E-state index in [0.717, 1.165) is 0 Å². The Labute approximate surface area is 37.0 Å². The molecule has 4 heteroatoms. The summed E-state index contributed by atoms with van der Waals surface area (Å²) in [6.45, 7) is 0. The molecule has 0 saturated heterocycles. The van der Waals surface area contributed by atoms with Gasteiger partial charge in [-0.05, 0) is 0 Å². The van der Waals surface area contributed by atoms with Crippen molar-refractivity contribution in [1.29, 1.82) is 0 Å². The van der Waals surface area contributed by atoms with E-state index in [-0.39, 0.29) is 36.2 Å². The van der Waals surface area contributed by atoms with Crippen LogP contribution in [0.25, 0.3) is 0 Å². The molecule has 0 aromatic heterocycles. The second kappa shape index (κ2) is 83.5. The van der Waals surface area contributed by atoms with Gasteiger partial charge in [0.05, 0.1) is 0 Å². The first kappa shape index (κ1) is 209. The van der Waals surface area contributed by atoms with Crippen LogP contribution in [0.1, 0.15) is 0 Å². The van der Waals surface area contributed by atoms with Crippen molar-refractivity contribution in [1.82, 2.24) is 0 Å². The average molecular weight is 241 g/mol. The molecule has 0 spiro atoms. The Balaban J connectivity index is 0. The number of hydrogen-bond donors (Lipinski definition) is 0. The van der Waals surface area contributed by atoms with Crippen molar-refractivity contribution in [3.8, 4) is 0 Å². The predicted molar refractivity (Wildman–Crippen MR) is 5.81 cm³/mol. The standard InChI is InChI=1S/3H2O.Os/h3*1H2;/p-3. The van der Waals surface area contributed by atoms with Crippen LogP contribution in [0.3, 0.4) is 0 Å². The molecule has 3 nitrogen and oxygen atoms in total. The van der Waals surface area contributed by atoms with Crippen LogP contribution in [0.4, 0.5) is 0 Å². The van der Waals surface area contributed by atoms with E-state index in [1.54, 1.807) is 0 Å². The van der Waals surface area contributed by atoms with Gasteiger partial charge in [-0.25, -0.2) is 0 Å². The summed E-state index contributed by atoms with van der Waals surface area (Å²) in [5.74, 6) is 0. The van der Waals surface area contributed by atoms with Crippen molar-refractivity contribution in [2.24, 2.45) is 0 Å². The molecule has 0 rings (SSSR count). The van der Waals surface area contributed by atoms with Crippen LogP contribution in [0.2, 0.25) is 0 Å². The van der Waals surface area contributed by atoms with E-state index in [4.69, 9.17) is 0 Å². The summed E-state index contributed by atoms with van der Waals surface area (Å²) in [5.41, 5.74) is 0. The molecule has 0 aliphatic heterocycles. The van der Waals surface area contributed by atoms with E-state index in [0.29, 0.717) is 0 Å². The van der Waals surface area contributed by atoms with E-state index in [1.165, 1.54) is 0 Å². The van der Waals surface area contributed by atoms with Gasteiger partial charge in [-0.3, -0.25) is 0 Å². The van der Waals surface area contributed by atoms with Crippen molar-refractivity contribution < 1.29 is 36.2 Å². The zero-order valence-corrected chi connectivity index (χ0v) is 4.24. The van der Waals surface area contributed by atoms with Gasteiger partial charge < -0.3 is 16.4 Å². The Hall–Kier alpha value is 0.516. The first-order valence-electron chi connectivity index (χ1n) is 0. The van der Waals surface area contributed by atoms with Crippen LogP contribution >= 0.6 is 0 Å². The maximum absolute atomic E-state index is 0. The van der Waals surface area contributed by atoms with Gasteiger partial charge in [-0.15, -0.1) is 0 Å². The second-order valence-electron chi connectivity index (χ2n) is 0. The molecule has 0 saturated carbocycles. The first-order chi connectivity index (χ1) is 0. The molecule has 32 valence electrons. The number of rotatable bonds is 0. The molecule has 0 fully saturated rings. The maximum Gasteiger partial charge on any atom is 0 e. The summed E-state index contributed by atoms with van der Waals surface area (Å²) in [7, 11) is 0. The summed E-state index contributed by atoms with van der Waals surface area (Å²) < 4.78 is 0. The Morgan fingerprint density at radius 3 is 0.500 bits per heavy atom. The molecule has 0 heterocycles. The summed E-state index contributed by atoms with van der Waals surface area (Å²) in [5, 5.41) is 0. The average Bonchev–Trinajstić information content (AvgIpc) is 0. The molecule has 0 unspecified atom stereocenters. The van der Waals surface area contributed by atoms with Crippen molar-refractivity contribution in [3.05, 3.63) is 0 Å². The molecule has 0 atom stereocenters. The largest absolute Gasteiger partial charge is 0.870 e. The Morgan fingerprint density at radius 2 is 0.500 bits per heavy atom. The smallest absolute Gasteiger partial charge is 0 e. The fourth-order valence-electron chi connectivity index (χ4n) is 0. The van der Waals surface area contributed by atoms with Crippen LogP contribution in [0.15, 0.2) is 0 Å². The molecule has 0 aliphatic carbocycles. The third kappa shape index (κ3) is 21.7. The van der Waals surface area contributed by atoms with Crippen molar-refractivity contribution in [3.63, 3.8) is 0 Å². The maximum atomic E-state index is 0. The molecule has 0 aliphatic rings. The first-order valence-corrected chi connectivity index (χ1v) is 0. The van der Waals surface area contributed by atoms with Crippen molar-refractivity contribution in [2.75, 3.05) is 0 Å². The Morgan fingerprint density at radius 1 is 0.500 bits per heavy atom. The summed E-state index contributed by atoms with van der Waals surface area (Å²) in [4.78, 5) is 0. The van der Waals surface area contributed by atoms with Gasteiger partial charge in [-0.1, -0.05) is 0 Å². The molecule has 3 N–H and O–H groups in total. The zero-order chi connectivity index (χ0) is 0. The molecule has 0 amide bonds. The minimum absolute atomic E-state index is 0.